The highest BCUT2D eigenvalue weighted by molar-refractivity contribution is 6.00. The van der Waals surface area contributed by atoms with Gasteiger partial charge in [0.05, 0.1) is 12.0 Å². The third-order valence-corrected chi connectivity index (χ3v) is 6.78. The minimum atomic E-state index is -0.703. The second kappa shape index (κ2) is 8.32. The van der Waals surface area contributed by atoms with Crippen molar-refractivity contribution in [2.75, 3.05) is 32.7 Å². The normalized spacial score (nSPS) is 25.0. The van der Waals surface area contributed by atoms with E-state index in [0.717, 1.165) is 0 Å². The van der Waals surface area contributed by atoms with E-state index >= 15 is 0 Å². The van der Waals surface area contributed by atoms with E-state index in [1.165, 1.54) is 6.92 Å². The molecule has 0 radical (unpaired) electrons. The molecule has 0 N–H and O–H groups in total. The summed E-state index contributed by atoms with van der Waals surface area (Å²) in [6.07, 6.45) is 1.46. The Labute approximate surface area is 182 Å². The molecule has 3 aliphatic heterocycles. The van der Waals surface area contributed by atoms with Crippen LogP contribution < -0.4 is 4.74 Å². The van der Waals surface area contributed by atoms with Crippen molar-refractivity contribution in [3.8, 4) is 5.75 Å². The number of nitrogens with zero attached hydrogens (tertiary/aromatic N) is 3. The number of piperazine rings is 1. The van der Waals surface area contributed by atoms with Gasteiger partial charge in [-0.25, -0.2) is 0 Å². The zero-order chi connectivity index (χ0) is 22.2. The number of benzene rings is 1. The van der Waals surface area contributed by atoms with Gasteiger partial charge in [-0.2, -0.15) is 0 Å². The van der Waals surface area contributed by atoms with Gasteiger partial charge in [0.2, 0.25) is 17.7 Å². The SMILES string of the molecule is CC(=O)N1CCN(C(=O)[C@@H](C)N2CC[C@]3(CCC2=O)CC(=O)c2ccccc2O3)CC1. The summed E-state index contributed by atoms with van der Waals surface area (Å²) in [6.45, 7) is 5.64. The van der Waals surface area contributed by atoms with Gasteiger partial charge in [-0.3, -0.25) is 19.2 Å². The number of para-hydroxylation sites is 1. The number of ketones is 1. The van der Waals surface area contributed by atoms with Gasteiger partial charge in [0, 0.05) is 52.5 Å². The van der Waals surface area contributed by atoms with Crippen LogP contribution in [0.5, 0.6) is 5.75 Å². The maximum atomic E-state index is 13.1. The van der Waals surface area contributed by atoms with Crippen molar-refractivity contribution in [3.63, 3.8) is 0 Å². The molecule has 3 heterocycles. The second-order valence-electron chi connectivity index (χ2n) is 8.73. The standard InChI is InChI=1S/C23H29N3O5/c1-16(22(30)25-13-11-24(12-14-25)17(2)27)26-10-9-23(8-7-21(26)29)15-19(28)18-5-3-4-6-20(18)31-23/h3-6,16H,7-15H2,1-2H3/t16-,23-/m1/s1. The van der Waals surface area contributed by atoms with E-state index < -0.39 is 11.6 Å². The molecule has 1 spiro atoms. The van der Waals surface area contributed by atoms with Crippen molar-refractivity contribution in [1.82, 2.24) is 14.7 Å². The molecule has 1 aromatic rings. The Morgan fingerprint density at radius 2 is 1.68 bits per heavy atom. The predicted octanol–water partition coefficient (Wildman–Crippen LogP) is 1.48. The van der Waals surface area contributed by atoms with Gasteiger partial charge in [0.15, 0.2) is 5.78 Å². The average molecular weight is 428 g/mol. The molecule has 0 aliphatic carbocycles. The lowest BCUT2D eigenvalue weighted by Crippen LogP contribution is -2.55. The molecule has 3 aliphatic rings. The smallest absolute Gasteiger partial charge is 0.245 e. The van der Waals surface area contributed by atoms with Crippen molar-refractivity contribution in [2.45, 2.75) is 51.2 Å². The number of fused-ring (bicyclic) bond motifs is 1. The quantitative estimate of drug-likeness (QED) is 0.714. The Morgan fingerprint density at radius 3 is 2.39 bits per heavy atom. The van der Waals surface area contributed by atoms with Crippen molar-refractivity contribution < 1.29 is 23.9 Å². The fourth-order valence-corrected chi connectivity index (χ4v) is 4.82. The molecule has 8 nitrogen and oxygen atoms in total. The van der Waals surface area contributed by atoms with Crippen LogP contribution >= 0.6 is 0 Å². The largest absolute Gasteiger partial charge is 0.486 e. The maximum Gasteiger partial charge on any atom is 0.245 e. The summed E-state index contributed by atoms with van der Waals surface area (Å²) in [4.78, 5) is 55.3. The number of amides is 3. The Bertz CT molecular complexity index is 908. The summed E-state index contributed by atoms with van der Waals surface area (Å²) in [5, 5.41) is 0. The fraction of sp³-hybridized carbons (Fsp3) is 0.565. The van der Waals surface area contributed by atoms with E-state index in [1.54, 1.807) is 33.8 Å². The first kappa shape index (κ1) is 21.3. The minimum absolute atomic E-state index is 0.0109. The van der Waals surface area contributed by atoms with E-state index in [-0.39, 0.29) is 36.3 Å². The zero-order valence-corrected chi connectivity index (χ0v) is 18.1. The lowest BCUT2D eigenvalue weighted by Gasteiger charge is -2.38. The van der Waals surface area contributed by atoms with E-state index in [9.17, 15) is 19.2 Å². The Morgan fingerprint density at radius 1 is 1.00 bits per heavy atom. The first-order chi connectivity index (χ1) is 14.8. The second-order valence-corrected chi connectivity index (χ2v) is 8.73. The molecule has 2 saturated heterocycles. The molecule has 8 heteroatoms. The van der Waals surface area contributed by atoms with Crippen LogP contribution in [0.15, 0.2) is 24.3 Å². The number of carbonyl (C=O) groups is 4. The van der Waals surface area contributed by atoms with E-state index in [0.29, 0.717) is 56.9 Å². The minimum Gasteiger partial charge on any atom is -0.486 e. The number of Topliss-reactive ketones (excluding diaryl/α,β-unsaturated/α-hetero) is 1. The summed E-state index contributed by atoms with van der Waals surface area (Å²) in [5.41, 5.74) is -0.111. The topological polar surface area (TPSA) is 87.2 Å². The summed E-state index contributed by atoms with van der Waals surface area (Å²) in [5.74, 6) is 0.438. The number of hydrogen-bond acceptors (Lipinski definition) is 5. The molecule has 4 rings (SSSR count). The van der Waals surface area contributed by atoms with Crippen LogP contribution in [0.2, 0.25) is 0 Å². The lowest BCUT2D eigenvalue weighted by molar-refractivity contribution is -0.147. The van der Waals surface area contributed by atoms with Crippen molar-refractivity contribution in [1.29, 1.82) is 0 Å². The Hall–Kier alpha value is -2.90. The molecule has 2 fully saturated rings. The molecule has 2 atom stereocenters. The predicted molar refractivity (Wildman–Crippen MR) is 113 cm³/mol. The maximum absolute atomic E-state index is 13.1. The van der Waals surface area contributed by atoms with Crippen molar-refractivity contribution >= 4 is 23.5 Å². The molecule has 0 bridgehead atoms. The number of likely N-dealkylation sites (tertiary alicyclic amines) is 1. The molecule has 0 aromatic heterocycles. The van der Waals surface area contributed by atoms with Gasteiger partial charge < -0.3 is 19.4 Å². The van der Waals surface area contributed by atoms with Crippen molar-refractivity contribution in [2.24, 2.45) is 0 Å². The first-order valence-electron chi connectivity index (χ1n) is 10.9. The number of hydrogen-bond donors (Lipinski definition) is 0. The molecule has 0 saturated carbocycles. The monoisotopic (exact) mass is 427 g/mol. The van der Waals surface area contributed by atoms with Crippen LogP contribution in [-0.2, 0) is 14.4 Å². The van der Waals surface area contributed by atoms with Crippen LogP contribution in [-0.4, -0.2) is 82.6 Å². The zero-order valence-electron chi connectivity index (χ0n) is 18.1. The van der Waals surface area contributed by atoms with Crippen LogP contribution in [0.1, 0.15) is 49.9 Å². The summed E-state index contributed by atoms with van der Waals surface area (Å²) in [7, 11) is 0. The molecular formula is C23H29N3O5. The molecule has 0 unspecified atom stereocenters. The van der Waals surface area contributed by atoms with Gasteiger partial charge in [-0.15, -0.1) is 0 Å². The molecule has 1 aromatic carbocycles. The van der Waals surface area contributed by atoms with E-state index in [1.807, 2.05) is 12.1 Å². The number of ether oxygens (including phenoxy) is 1. The van der Waals surface area contributed by atoms with Crippen LogP contribution in [0.25, 0.3) is 0 Å². The highest BCUT2D eigenvalue weighted by Gasteiger charge is 2.44. The average Bonchev–Trinajstić information content (AvgIpc) is 2.92. The summed E-state index contributed by atoms with van der Waals surface area (Å²) in [6, 6.07) is 6.64. The van der Waals surface area contributed by atoms with E-state index in [4.69, 9.17) is 4.74 Å². The Kier molecular flexibility index (Phi) is 5.73. The molecule has 3 amide bonds. The lowest BCUT2D eigenvalue weighted by atomic mass is 9.84. The van der Waals surface area contributed by atoms with Gasteiger partial charge in [-0.1, -0.05) is 12.1 Å². The third-order valence-electron chi connectivity index (χ3n) is 6.78. The van der Waals surface area contributed by atoms with Crippen LogP contribution in [0.4, 0.5) is 0 Å². The highest BCUT2D eigenvalue weighted by Crippen LogP contribution is 2.39. The summed E-state index contributed by atoms with van der Waals surface area (Å²) >= 11 is 0. The molecular weight excluding hydrogens is 398 g/mol. The number of rotatable bonds is 2. The number of carbonyl (C=O) groups excluding carboxylic acids is 4. The van der Waals surface area contributed by atoms with Gasteiger partial charge in [0.1, 0.15) is 17.4 Å². The Balaban J connectivity index is 1.43. The van der Waals surface area contributed by atoms with E-state index in [2.05, 4.69) is 0 Å². The van der Waals surface area contributed by atoms with Gasteiger partial charge in [-0.05, 0) is 25.5 Å². The highest BCUT2D eigenvalue weighted by atomic mass is 16.5. The fourth-order valence-electron chi connectivity index (χ4n) is 4.82. The van der Waals surface area contributed by atoms with Gasteiger partial charge in [0.25, 0.3) is 0 Å². The third kappa shape index (κ3) is 4.16. The molecule has 166 valence electrons. The summed E-state index contributed by atoms with van der Waals surface area (Å²) < 4.78 is 6.27. The van der Waals surface area contributed by atoms with Gasteiger partial charge >= 0.3 is 0 Å². The first-order valence-corrected chi connectivity index (χ1v) is 10.9. The van der Waals surface area contributed by atoms with Crippen molar-refractivity contribution in [3.05, 3.63) is 29.8 Å². The van der Waals surface area contributed by atoms with Crippen LogP contribution in [0.3, 0.4) is 0 Å². The van der Waals surface area contributed by atoms with Crippen LogP contribution in [0, 0.1) is 0 Å². The molecule has 31 heavy (non-hydrogen) atoms.